The standard InChI is InChI=1S/C19H13BrCl2O2/c1-10(23)7-11-8-15(21)18(16(22)9-11)13-3-2-4-14-12(13)5-6-17(24)19(14)20/h2-6,8-9,24H,7H2,1H3. The Kier molecular flexibility index (Phi) is 4.86. The summed E-state index contributed by atoms with van der Waals surface area (Å²) in [4.78, 5) is 11.3. The van der Waals surface area contributed by atoms with Crippen molar-refractivity contribution in [1.29, 1.82) is 0 Å². The van der Waals surface area contributed by atoms with Gasteiger partial charge in [-0.05, 0) is 63.6 Å². The fraction of sp³-hybridized carbons (Fsp3) is 0.105. The number of phenolic OH excluding ortho intramolecular Hbond substituents is 1. The van der Waals surface area contributed by atoms with Gasteiger partial charge in [0.15, 0.2) is 0 Å². The summed E-state index contributed by atoms with van der Waals surface area (Å²) >= 11 is 16.3. The first-order valence-corrected chi connectivity index (χ1v) is 8.81. The molecule has 2 nitrogen and oxygen atoms in total. The summed E-state index contributed by atoms with van der Waals surface area (Å²) in [5.41, 5.74) is 2.38. The lowest BCUT2D eigenvalue weighted by atomic mass is 9.96. The van der Waals surface area contributed by atoms with Gasteiger partial charge in [0.1, 0.15) is 11.5 Å². The minimum atomic E-state index is 0.0550. The lowest BCUT2D eigenvalue weighted by Gasteiger charge is -2.13. The largest absolute Gasteiger partial charge is 0.507 e. The molecule has 0 radical (unpaired) electrons. The van der Waals surface area contributed by atoms with Gasteiger partial charge in [-0.1, -0.05) is 41.4 Å². The summed E-state index contributed by atoms with van der Waals surface area (Å²) in [6, 6.07) is 12.7. The summed E-state index contributed by atoms with van der Waals surface area (Å²) in [6.45, 7) is 1.53. The van der Waals surface area contributed by atoms with Gasteiger partial charge in [0.05, 0.1) is 14.5 Å². The molecule has 3 rings (SSSR count). The average Bonchev–Trinajstić information content (AvgIpc) is 2.50. The van der Waals surface area contributed by atoms with Crippen LogP contribution in [0.2, 0.25) is 10.0 Å². The number of hydrogen-bond acceptors (Lipinski definition) is 2. The Morgan fingerprint density at radius 3 is 2.38 bits per heavy atom. The Balaban J connectivity index is 2.25. The molecule has 24 heavy (non-hydrogen) atoms. The van der Waals surface area contributed by atoms with E-state index in [1.54, 1.807) is 18.2 Å². The van der Waals surface area contributed by atoms with E-state index >= 15 is 0 Å². The molecule has 0 saturated carbocycles. The fourth-order valence-corrected chi connectivity index (χ4v) is 4.01. The molecule has 0 heterocycles. The number of rotatable bonds is 3. The molecule has 0 aliphatic heterocycles. The Hall–Kier alpha value is -1.55. The van der Waals surface area contributed by atoms with Crippen LogP contribution in [0.25, 0.3) is 21.9 Å². The van der Waals surface area contributed by atoms with Crippen LogP contribution in [0.15, 0.2) is 46.9 Å². The van der Waals surface area contributed by atoms with Crippen molar-refractivity contribution in [2.45, 2.75) is 13.3 Å². The number of hydrogen-bond donors (Lipinski definition) is 1. The monoisotopic (exact) mass is 422 g/mol. The second-order valence-electron chi connectivity index (χ2n) is 5.61. The van der Waals surface area contributed by atoms with E-state index in [1.165, 1.54) is 6.92 Å². The zero-order valence-electron chi connectivity index (χ0n) is 12.7. The predicted octanol–water partition coefficient (Wildman–Crippen LogP) is 6.41. The molecule has 3 aromatic rings. The van der Waals surface area contributed by atoms with Crippen molar-refractivity contribution < 1.29 is 9.90 Å². The highest BCUT2D eigenvalue weighted by molar-refractivity contribution is 9.10. The third-order valence-corrected chi connectivity index (χ3v) is 5.23. The zero-order valence-corrected chi connectivity index (χ0v) is 15.8. The molecule has 0 fully saturated rings. The van der Waals surface area contributed by atoms with Crippen molar-refractivity contribution in [2.75, 3.05) is 0 Å². The van der Waals surface area contributed by atoms with Gasteiger partial charge in [-0.2, -0.15) is 0 Å². The summed E-state index contributed by atoms with van der Waals surface area (Å²) in [5, 5.41) is 12.7. The van der Waals surface area contributed by atoms with Crippen LogP contribution in [0.1, 0.15) is 12.5 Å². The van der Waals surface area contributed by atoms with Crippen LogP contribution in [-0.4, -0.2) is 10.9 Å². The number of carbonyl (C=O) groups excluding carboxylic acids is 1. The Morgan fingerprint density at radius 1 is 1.08 bits per heavy atom. The molecule has 0 atom stereocenters. The Bertz CT molecular complexity index is 944. The topological polar surface area (TPSA) is 37.3 Å². The normalized spacial score (nSPS) is 11.0. The number of aromatic hydroxyl groups is 1. The minimum absolute atomic E-state index is 0.0550. The molecule has 0 aromatic heterocycles. The van der Waals surface area contributed by atoms with E-state index in [9.17, 15) is 9.90 Å². The van der Waals surface area contributed by atoms with E-state index in [4.69, 9.17) is 23.2 Å². The molecule has 0 bridgehead atoms. The smallest absolute Gasteiger partial charge is 0.134 e. The molecule has 0 amide bonds. The van der Waals surface area contributed by atoms with Crippen LogP contribution >= 0.6 is 39.1 Å². The molecule has 0 spiro atoms. The van der Waals surface area contributed by atoms with Crippen LogP contribution < -0.4 is 0 Å². The molecule has 5 heteroatoms. The third kappa shape index (κ3) is 3.16. The predicted molar refractivity (Wildman–Crippen MR) is 103 cm³/mol. The van der Waals surface area contributed by atoms with Gasteiger partial charge >= 0.3 is 0 Å². The van der Waals surface area contributed by atoms with E-state index in [0.29, 0.717) is 26.5 Å². The molecule has 0 aliphatic rings. The summed E-state index contributed by atoms with van der Waals surface area (Å²) in [7, 11) is 0. The van der Waals surface area contributed by atoms with E-state index in [0.717, 1.165) is 21.9 Å². The number of carbonyl (C=O) groups is 1. The van der Waals surface area contributed by atoms with Crippen LogP contribution in [-0.2, 0) is 11.2 Å². The highest BCUT2D eigenvalue weighted by Crippen LogP contribution is 2.42. The van der Waals surface area contributed by atoms with Gasteiger partial charge in [0, 0.05) is 17.4 Å². The first kappa shape index (κ1) is 17.3. The van der Waals surface area contributed by atoms with Gasteiger partial charge in [-0.3, -0.25) is 4.79 Å². The van der Waals surface area contributed by atoms with E-state index in [-0.39, 0.29) is 11.5 Å². The van der Waals surface area contributed by atoms with Crippen LogP contribution in [0.4, 0.5) is 0 Å². The van der Waals surface area contributed by atoms with E-state index in [1.807, 2.05) is 24.3 Å². The maximum atomic E-state index is 11.3. The first-order valence-electron chi connectivity index (χ1n) is 7.26. The van der Waals surface area contributed by atoms with E-state index in [2.05, 4.69) is 15.9 Å². The van der Waals surface area contributed by atoms with Crippen molar-refractivity contribution >= 4 is 55.7 Å². The molecule has 0 aliphatic carbocycles. The van der Waals surface area contributed by atoms with Crippen molar-refractivity contribution in [2.24, 2.45) is 0 Å². The fourth-order valence-electron chi connectivity index (χ4n) is 2.80. The van der Waals surface area contributed by atoms with Gasteiger partial charge in [0.2, 0.25) is 0 Å². The minimum Gasteiger partial charge on any atom is -0.507 e. The highest BCUT2D eigenvalue weighted by atomic mass is 79.9. The van der Waals surface area contributed by atoms with Crippen molar-refractivity contribution in [3.63, 3.8) is 0 Å². The lowest BCUT2D eigenvalue weighted by molar-refractivity contribution is -0.116. The average molecular weight is 424 g/mol. The van der Waals surface area contributed by atoms with Crippen LogP contribution in [0.5, 0.6) is 5.75 Å². The molecule has 0 saturated heterocycles. The van der Waals surface area contributed by atoms with E-state index < -0.39 is 0 Å². The van der Waals surface area contributed by atoms with Crippen molar-refractivity contribution in [3.05, 3.63) is 62.5 Å². The highest BCUT2D eigenvalue weighted by Gasteiger charge is 2.15. The molecule has 122 valence electrons. The maximum absolute atomic E-state index is 11.3. The molecular weight excluding hydrogens is 411 g/mol. The summed E-state index contributed by atoms with van der Waals surface area (Å²) in [5.74, 6) is 0.230. The maximum Gasteiger partial charge on any atom is 0.134 e. The quantitative estimate of drug-likeness (QED) is 0.528. The summed E-state index contributed by atoms with van der Waals surface area (Å²) in [6.07, 6.45) is 0.300. The van der Waals surface area contributed by atoms with Crippen LogP contribution in [0, 0.1) is 0 Å². The summed E-state index contributed by atoms with van der Waals surface area (Å²) < 4.78 is 0.627. The third-order valence-electron chi connectivity index (χ3n) is 3.80. The zero-order chi connectivity index (χ0) is 17.4. The first-order chi connectivity index (χ1) is 11.4. The van der Waals surface area contributed by atoms with Gasteiger partial charge in [0.25, 0.3) is 0 Å². The number of Topliss-reactive ketones (excluding diaryl/α,β-unsaturated/α-hetero) is 1. The number of benzene rings is 3. The van der Waals surface area contributed by atoms with Crippen LogP contribution in [0.3, 0.4) is 0 Å². The number of phenols is 1. The second-order valence-corrected chi connectivity index (χ2v) is 7.22. The lowest BCUT2D eigenvalue weighted by Crippen LogP contribution is -1.97. The van der Waals surface area contributed by atoms with Gasteiger partial charge < -0.3 is 5.11 Å². The molecule has 0 unspecified atom stereocenters. The Morgan fingerprint density at radius 2 is 1.75 bits per heavy atom. The van der Waals surface area contributed by atoms with Gasteiger partial charge in [-0.15, -0.1) is 0 Å². The Labute approximate surface area is 158 Å². The molecule has 3 aromatic carbocycles. The number of ketones is 1. The molecular formula is C19H13BrCl2O2. The number of halogens is 3. The second kappa shape index (κ2) is 6.75. The van der Waals surface area contributed by atoms with Gasteiger partial charge in [-0.25, -0.2) is 0 Å². The van der Waals surface area contributed by atoms with Crippen molar-refractivity contribution in [3.8, 4) is 16.9 Å². The number of fused-ring (bicyclic) bond motifs is 1. The van der Waals surface area contributed by atoms with Crippen molar-refractivity contribution in [1.82, 2.24) is 0 Å². The SMILES string of the molecule is CC(=O)Cc1cc(Cl)c(-c2cccc3c(Br)c(O)ccc23)c(Cl)c1. The molecule has 1 N–H and O–H groups in total.